The van der Waals surface area contributed by atoms with E-state index in [9.17, 15) is 4.79 Å². The summed E-state index contributed by atoms with van der Waals surface area (Å²) in [6.07, 6.45) is 0.699. The van der Waals surface area contributed by atoms with Crippen molar-refractivity contribution in [3.8, 4) is 0 Å². The maximum atomic E-state index is 12.6. The van der Waals surface area contributed by atoms with Crippen LogP contribution >= 0.6 is 15.9 Å². The highest BCUT2D eigenvalue weighted by Crippen LogP contribution is 2.26. The second kappa shape index (κ2) is 6.03. The predicted molar refractivity (Wildman–Crippen MR) is 81.2 cm³/mol. The molecular weight excluding hydrogens is 306 g/mol. The van der Waals surface area contributed by atoms with Crippen LogP contribution in [0.2, 0.25) is 0 Å². The Morgan fingerprint density at radius 3 is 2.84 bits per heavy atom. The maximum Gasteiger partial charge on any atom is 0.244 e. The Morgan fingerprint density at radius 1 is 1.47 bits per heavy atom. The Bertz CT molecular complexity index is 466. The average molecular weight is 326 g/mol. The Labute approximate surface area is 122 Å². The molecular formula is C14H20BrN3O. The van der Waals surface area contributed by atoms with Crippen molar-refractivity contribution in [3.63, 3.8) is 0 Å². The van der Waals surface area contributed by atoms with Crippen LogP contribution in [-0.4, -0.2) is 43.0 Å². The molecule has 1 saturated heterocycles. The Balaban J connectivity index is 2.28. The topological polar surface area (TPSA) is 49.6 Å². The molecule has 1 aliphatic heterocycles. The van der Waals surface area contributed by atoms with E-state index in [2.05, 4.69) is 27.8 Å². The molecule has 0 bridgehead atoms. The van der Waals surface area contributed by atoms with Gasteiger partial charge in [-0.3, -0.25) is 9.69 Å². The van der Waals surface area contributed by atoms with Gasteiger partial charge in [0.2, 0.25) is 5.91 Å². The highest BCUT2D eigenvalue weighted by atomic mass is 79.9. The molecule has 1 amide bonds. The van der Waals surface area contributed by atoms with Gasteiger partial charge in [0.05, 0.1) is 6.04 Å². The molecule has 0 saturated carbocycles. The number of nitrogens with two attached hydrogens (primary N) is 1. The van der Waals surface area contributed by atoms with Gasteiger partial charge in [-0.2, -0.15) is 0 Å². The molecule has 1 aromatic rings. The summed E-state index contributed by atoms with van der Waals surface area (Å²) in [5.74, 6) is 0.143. The molecule has 0 radical (unpaired) electrons. The number of piperazine rings is 1. The van der Waals surface area contributed by atoms with Crippen LogP contribution in [0.1, 0.15) is 13.3 Å². The Kier molecular flexibility index (Phi) is 4.60. The van der Waals surface area contributed by atoms with E-state index in [-0.39, 0.29) is 11.9 Å². The van der Waals surface area contributed by atoms with Crippen LogP contribution < -0.4 is 10.6 Å². The summed E-state index contributed by atoms with van der Waals surface area (Å²) in [7, 11) is 2.00. The third-order valence-electron chi connectivity index (χ3n) is 3.74. The van der Waals surface area contributed by atoms with Gasteiger partial charge < -0.3 is 10.6 Å². The second-order valence-electron chi connectivity index (χ2n) is 5.04. The average Bonchev–Trinajstić information content (AvgIpc) is 2.39. The van der Waals surface area contributed by atoms with Gasteiger partial charge in [0, 0.05) is 22.7 Å². The second-order valence-corrected chi connectivity index (χ2v) is 5.95. The van der Waals surface area contributed by atoms with Crippen molar-refractivity contribution in [2.24, 2.45) is 5.73 Å². The molecule has 19 heavy (non-hydrogen) atoms. The van der Waals surface area contributed by atoms with Gasteiger partial charge in [0.1, 0.15) is 0 Å². The van der Waals surface area contributed by atoms with Crippen molar-refractivity contribution in [1.82, 2.24) is 4.90 Å². The van der Waals surface area contributed by atoms with Crippen molar-refractivity contribution in [1.29, 1.82) is 0 Å². The number of rotatable bonds is 3. The highest BCUT2D eigenvalue weighted by Gasteiger charge is 2.36. The standard InChI is InChI=1S/C14H20BrN3O/c1-10-9-18(12-5-3-4-11(15)8-12)14(19)13(6-7-16)17(10)2/h3-5,8,10,13H,6-7,9,16H2,1-2H3. The highest BCUT2D eigenvalue weighted by molar-refractivity contribution is 9.10. The Morgan fingerprint density at radius 2 is 2.21 bits per heavy atom. The number of nitrogens with zero attached hydrogens (tertiary/aromatic N) is 2. The van der Waals surface area contributed by atoms with E-state index < -0.39 is 0 Å². The van der Waals surface area contributed by atoms with Gasteiger partial charge in [0.25, 0.3) is 0 Å². The SMILES string of the molecule is CC1CN(c2cccc(Br)c2)C(=O)C(CCN)N1C. The van der Waals surface area contributed by atoms with E-state index in [1.165, 1.54) is 0 Å². The molecule has 1 aromatic carbocycles. The van der Waals surface area contributed by atoms with Gasteiger partial charge in [-0.15, -0.1) is 0 Å². The lowest BCUT2D eigenvalue weighted by molar-refractivity contribution is -0.126. The molecule has 1 heterocycles. The van der Waals surface area contributed by atoms with Crippen molar-refractivity contribution >= 4 is 27.5 Å². The molecule has 2 atom stereocenters. The molecule has 0 aliphatic carbocycles. The molecule has 0 aromatic heterocycles. The van der Waals surface area contributed by atoms with E-state index in [0.717, 1.165) is 10.2 Å². The smallest absolute Gasteiger partial charge is 0.244 e. The summed E-state index contributed by atoms with van der Waals surface area (Å²) in [5, 5.41) is 0. The molecule has 5 heteroatoms. The molecule has 104 valence electrons. The van der Waals surface area contributed by atoms with E-state index in [1.807, 2.05) is 36.2 Å². The summed E-state index contributed by atoms with van der Waals surface area (Å²) in [4.78, 5) is 16.6. The maximum absolute atomic E-state index is 12.6. The zero-order valence-electron chi connectivity index (χ0n) is 11.3. The molecule has 2 unspecified atom stereocenters. The van der Waals surface area contributed by atoms with Crippen molar-refractivity contribution in [2.75, 3.05) is 25.0 Å². The fourth-order valence-corrected chi connectivity index (χ4v) is 2.89. The zero-order chi connectivity index (χ0) is 14.0. The number of benzene rings is 1. The van der Waals surface area contributed by atoms with Crippen LogP contribution in [0.3, 0.4) is 0 Å². The van der Waals surface area contributed by atoms with Crippen LogP contribution in [0, 0.1) is 0 Å². The van der Waals surface area contributed by atoms with E-state index in [1.54, 1.807) is 0 Å². The largest absolute Gasteiger partial charge is 0.330 e. The lowest BCUT2D eigenvalue weighted by Gasteiger charge is -2.43. The summed E-state index contributed by atoms with van der Waals surface area (Å²) < 4.78 is 0.986. The molecule has 2 N–H and O–H groups in total. The van der Waals surface area contributed by atoms with E-state index >= 15 is 0 Å². The van der Waals surface area contributed by atoms with E-state index in [4.69, 9.17) is 5.73 Å². The molecule has 4 nitrogen and oxygen atoms in total. The number of carbonyl (C=O) groups is 1. The Hall–Kier alpha value is -0.910. The van der Waals surface area contributed by atoms with Crippen LogP contribution in [-0.2, 0) is 4.79 Å². The first-order valence-electron chi connectivity index (χ1n) is 6.53. The predicted octanol–water partition coefficient (Wildman–Crippen LogP) is 1.83. The monoisotopic (exact) mass is 325 g/mol. The number of hydrogen-bond acceptors (Lipinski definition) is 3. The van der Waals surface area contributed by atoms with Gasteiger partial charge in [-0.05, 0) is 45.1 Å². The number of halogens is 1. The summed E-state index contributed by atoms with van der Waals surface area (Å²) in [6, 6.07) is 8.08. The summed E-state index contributed by atoms with van der Waals surface area (Å²) >= 11 is 3.45. The first kappa shape index (κ1) is 14.5. The van der Waals surface area contributed by atoms with Gasteiger partial charge in [-0.1, -0.05) is 22.0 Å². The molecule has 1 aliphatic rings. The van der Waals surface area contributed by atoms with E-state index in [0.29, 0.717) is 25.6 Å². The van der Waals surface area contributed by atoms with Crippen LogP contribution in [0.25, 0.3) is 0 Å². The number of carbonyl (C=O) groups excluding carboxylic acids is 1. The number of amides is 1. The normalized spacial score (nSPS) is 24.8. The lowest BCUT2D eigenvalue weighted by atomic mass is 10.0. The van der Waals surface area contributed by atoms with Gasteiger partial charge >= 0.3 is 0 Å². The lowest BCUT2D eigenvalue weighted by Crippen LogP contribution is -2.60. The zero-order valence-corrected chi connectivity index (χ0v) is 12.9. The van der Waals surface area contributed by atoms with Crippen molar-refractivity contribution in [2.45, 2.75) is 25.4 Å². The third-order valence-corrected chi connectivity index (χ3v) is 4.24. The quantitative estimate of drug-likeness (QED) is 0.922. The fourth-order valence-electron chi connectivity index (χ4n) is 2.51. The van der Waals surface area contributed by atoms with Gasteiger partial charge in [-0.25, -0.2) is 0 Å². The number of anilines is 1. The first-order valence-corrected chi connectivity index (χ1v) is 7.33. The minimum absolute atomic E-state index is 0.118. The minimum atomic E-state index is -0.118. The molecule has 0 spiro atoms. The third kappa shape index (κ3) is 2.99. The summed E-state index contributed by atoms with van der Waals surface area (Å²) in [6.45, 7) is 3.38. The van der Waals surface area contributed by atoms with Crippen molar-refractivity contribution in [3.05, 3.63) is 28.7 Å². The number of hydrogen-bond donors (Lipinski definition) is 1. The van der Waals surface area contributed by atoms with Gasteiger partial charge in [0.15, 0.2) is 0 Å². The summed E-state index contributed by atoms with van der Waals surface area (Å²) in [5.41, 5.74) is 6.58. The minimum Gasteiger partial charge on any atom is -0.330 e. The molecule has 2 rings (SSSR count). The van der Waals surface area contributed by atoms with Crippen LogP contribution in [0.5, 0.6) is 0 Å². The first-order chi connectivity index (χ1) is 9.04. The van der Waals surface area contributed by atoms with Crippen LogP contribution in [0.15, 0.2) is 28.7 Å². The van der Waals surface area contributed by atoms with Crippen LogP contribution in [0.4, 0.5) is 5.69 Å². The fraction of sp³-hybridized carbons (Fsp3) is 0.500. The molecule has 1 fully saturated rings. The van der Waals surface area contributed by atoms with Crippen molar-refractivity contribution < 1.29 is 4.79 Å². The number of likely N-dealkylation sites (N-methyl/N-ethyl adjacent to an activating group) is 1.